The number of nitrogens with zero attached hydrogens (tertiary/aromatic N) is 3. The van der Waals surface area contributed by atoms with Crippen molar-refractivity contribution in [1.29, 1.82) is 0 Å². The molecule has 1 aromatic heterocycles. The molecule has 0 atom stereocenters. The Kier molecular flexibility index (Phi) is 3.13. The van der Waals surface area contributed by atoms with Gasteiger partial charge in [-0.25, -0.2) is 4.39 Å². The molecule has 0 bridgehead atoms. The predicted molar refractivity (Wildman–Crippen MR) is 58.3 cm³/mol. The Morgan fingerprint density at radius 2 is 1.71 bits per heavy atom. The normalized spacial score (nSPS) is 10.1. The molecule has 0 saturated carbocycles. The first-order valence-electron chi connectivity index (χ1n) is 4.83. The predicted octanol–water partition coefficient (Wildman–Crippen LogP) is 1.69. The van der Waals surface area contributed by atoms with Gasteiger partial charge in [-0.05, 0) is 29.5 Å². The summed E-state index contributed by atoms with van der Waals surface area (Å²) in [6.07, 6.45) is 0. The van der Waals surface area contributed by atoms with Crippen molar-refractivity contribution in [2.24, 2.45) is 0 Å². The maximum atomic E-state index is 12.8. The van der Waals surface area contributed by atoms with E-state index in [0.717, 1.165) is 0 Å². The van der Waals surface area contributed by atoms with E-state index in [-0.39, 0.29) is 11.7 Å². The van der Waals surface area contributed by atoms with Crippen LogP contribution in [0, 0.1) is 5.82 Å². The van der Waals surface area contributed by atoms with E-state index in [4.69, 9.17) is 9.47 Å². The van der Waals surface area contributed by atoms with E-state index >= 15 is 0 Å². The van der Waals surface area contributed by atoms with Gasteiger partial charge in [0.1, 0.15) is 11.5 Å². The average Bonchev–Trinajstić information content (AvgIpc) is 2.38. The minimum atomic E-state index is -0.318. The number of ether oxygens (including phenoxy) is 2. The first-order chi connectivity index (χ1) is 8.26. The highest BCUT2D eigenvalue weighted by molar-refractivity contribution is 5.67. The van der Waals surface area contributed by atoms with Crippen molar-refractivity contribution in [3.05, 3.63) is 30.1 Å². The van der Waals surface area contributed by atoms with Crippen LogP contribution in [0.3, 0.4) is 0 Å². The van der Waals surface area contributed by atoms with E-state index in [0.29, 0.717) is 17.0 Å². The molecule has 0 radical (unpaired) electrons. The fourth-order valence-corrected chi connectivity index (χ4v) is 1.41. The highest BCUT2D eigenvalue weighted by Crippen LogP contribution is 2.33. The summed E-state index contributed by atoms with van der Waals surface area (Å²) in [5.74, 6) is 0.289. The molecule has 0 unspecified atom stereocenters. The smallest absolute Gasteiger partial charge is 0.280 e. The van der Waals surface area contributed by atoms with Crippen molar-refractivity contribution >= 4 is 0 Å². The molecule has 0 spiro atoms. The molecule has 17 heavy (non-hydrogen) atoms. The lowest BCUT2D eigenvalue weighted by Crippen LogP contribution is -2.01. The van der Waals surface area contributed by atoms with Crippen molar-refractivity contribution in [3.8, 4) is 22.9 Å². The van der Waals surface area contributed by atoms with Crippen LogP contribution in [0.1, 0.15) is 0 Å². The first-order valence-corrected chi connectivity index (χ1v) is 4.83. The molecule has 1 aromatic carbocycles. The van der Waals surface area contributed by atoms with Crippen LogP contribution < -0.4 is 9.47 Å². The third kappa shape index (κ3) is 2.15. The minimum absolute atomic E-state index is 0.238. The highest BCUT2D eigenvalue weighted by atomic mass is 19.1. The van der Waals surface area contributed by atoms with Gasteiger partial charge < -0.3 is 9.47 Å². The SMILES string of the molecule is COc1nnnc(-c2ccc(F)cc2)c1OC. The van der Waals surface area contributed by atoms with Gasteiger partial charge in [-0.2, -0.15) is 0 Å². The Labute approximate surface area is 97.2 Å². The van der Waals surface area contributed by atoms with Crippen molar-refractivity contribution in [3.63, 3.8) is 0 Å². The Morgan fingerprint density at radius 3 is 2.29 bits per heavy atom. The molecule has 2 aromatic rings. The second-order valence-electron chi connectivity index (χ2n) is 3.19. The van der Waals surface area contributed by atoms with Crippen LogP contribution >= 0.6 is 0 Å². The van der Waals surface area contributed by atoms with Gasteiger partial charge in [-0.3, -0.25) is 0 Å². The summed E-state index contributed by atoms with van der Waals surface area (Å²) in [6.45, 7) is 0. The summed E-state index contributed by atoms with van der Waals surface area (Å²) in [7, 11) is 2.94. The third-order valence-electron chi connectivity index (χ3n) is 2.20. The second kappa shape index (κ2) is 4.73. The number of hydrogen-bond donors (Lipinski definition) is 0. The fourth-order valence-electron chi connectivity index (χ4n) is 1.41. The standard InChI is InChI=1S/C11H10FN3O2/c1-16-10-9(13-15-14-11(10)17-2)7-3-5-8(12)6-4-7/h3-6H,1-2H3. The molecule has 0 aliphatic heterocycles. The molecule has 2 rings (SSSR count). The third-order valence-corrected chi connectivity index (χ3v) is 2.20. The molecule has 0 N–H and O–H groups in total. The largest absolute Gasteiger partial charge is 0.490 e. The van der Waals surface area contributed by atoms with Gasteiger partial charge in [0, 0.05) is 5.56 Å². The zero-order chi connectivity index (χ0) is 12.3. The van der Waals surface area contributed by atoms with Gasteiger partial charge in [0.2, 0.25) is 5.75 Å². The molecule has 0 fully saturated rings. The van der Waals surface area contributed by atoms with E-state index in [2.05, 4.69) is 15.4 Å². The van der Waals surface area contributed by atoms with Crippen molar-refractivity contribution < 1.29 is 13.9 Å². The van der Waals surface area contributed by atoms with Gasteiger partial charge in [-0.1, -0.05) is 5.10 Å². The van der Waals surface area contributed by atoms with Crippen LogP contribution in [0.5, 0.6) is 11.6 Å². The van der Waals surface area contributed by atoms with Gasteiger partial charge in [0.05, 0.1) is 14.2 Å². The molecule has 6 heteroatoms. The van der Waals surface area contributed by atoms with E-state index in [1.807, 2.05) is 0 Å². The number of hydrogen-bond acceptors (Lipinski definition) is 5. The molecular weight excluding hydrogens is 225 g/mol. The fraction of sp³-hybridized carbons (Fsp3) is 0.182. The van der Waals surface area contributed by atoms with E-state index in [1.165, 1.54) is 26.4 Å². The Morgan fingerprint density at radius 1 is 1.00 bits per heavy atom. The molecular formula is C11H10FN3O2. The lowest BCUT2D eigenvalue weighted by Gasteiger charge is -2.08. The van der Waals surface area contributed by atoms with E-state index in [9.17, 15) is 4.39 Å². The molecule has 0 amide bonds. The Balaban J connectivity index is 2.54. The minimum Gasteiger partial charge on any atom is -0.490 e. The zero-order valence-corrected chi connectivity index (χ0v) is 9.35. The summed E-state index contributed by atoms with van der Waals surface area (Å²) in [4.78, 5) is 0. The monoisotopic (exact) mass is 235 g/mol. The van der Waals surface area contributed by atoms with Gasteiger partial charge in [0.25, 0.3) is 5.88 Å². The maximum absolute atomic E-state index is 12.8. The first kappa shape index (κ1) is 11.3. The van der Waals surface area contributed by atoms with Crippen LogP contribution in [0.15, 0.2) is 24.3 Å². The molecule has 0 aliphatic rings. The number of rotatable bonds is 3. The topological polar surface area (TPSA) is 57.1 Å². The van der Waals surface area contributed by atoms with Gasteiger partial charge in [-0.15, -0.1) is 5.10 Å². The number of benzene rings is 1. The lowest BCUT2D eigenvalue weighted by atomic mass is 10.1. The quantitative estimate of drug-likeness (QED) is 0.810. The van der Waals surface area contributed by atoms with Crippen LogP contribution in [-0.4, -0.2) is 29.6 Å². The summed E-state index contributed by atoms with van der Waals surface area (Å²) < 4.78 is 23.0. The van der Waals surface area contributed by atoms with E-state index in [1.54, 1.807) is 12.1 Å². The highest BCUT2D eigenvalue weighted by Gasteiger charge is 2.15. The molecule has 88 valence electrons. The molecule has 0 saturated heterocycles. The number of halogens is 1. The average molecular weight is 235 g/mol. The number of methoxy groups -OCH3 is 2. The lowest BCUT2D eigenvalue weighted by molar-refractivity contribution is 0.335. The van der Waals surface area contributed by atoms with E-state index < -0.39 is 0 Å². The molecule has 5 nitrogen and oxygen atoms in total. The van der Waals surface area contributed by atoms with Crippen molar-refractivity contribution in [2.45, 2.75) is 0 Å². The maximum Gasteiger partial charge on any atom is 0.280 e. The summed E-state index contributed by atoms with van der Waals surface area (Å²) in [5.41, 5.74) is 1.14. The van der Waals surface area contributed by atoms with Crippen LogP contribution in [0.2, 0.25) is 0 Å². The van der Waals surface area contributed by atoms with Crippen LogP contribution in [-0.2, 0) is 0 Å². The second-order valence-corrected chi connectivity index (χ2v) is 3.19. The zero-order valence-electron chi connectivity index (χ0n) is 9.35. The summed E-state index contributed by atoms with van der Waals surface area (Å²) in [5, 5.41) is 11.1. The Bertz CT molecular complexity index is 517. The Hall–Kier alpha value is -2.24. The van der Waals surface area contributed by atoms with Crippen molar-refractivity contribution in [1.82, 2.24) is 15.4 Å². The van der Waals surface area contributed by atoms with Crippen molar-refractivity contribution in [2.75, 3.05) is 14.2 Å². The number of aromatic nitrogens is 3. The van der Waals surface area contributed by atoms with Crippen LogP contribution in [0.25, 0.3) is 11.3 Å². The van der Waals surface area contributed by atoms with Gasteiger partial charge >= 0.3 is 0 Å². The summed E-state index contributed by atoms with van der Waals surface area (Å²) >= 11 is 0. The molecule has 1 heterocycles. The van der Waals surface area contributed by atoms with Crippen LogP contribution in [0.4, 0.5) is 4.39 Å². The summed E-state index contributed by atoms with van der Waals surface area (Å²) in [6, 6.07) is 5.84. The van der Waals surface area contributed by atoms with Gasteiger partial charge in [0.15, 0.2) is 0 Å². The molecule has 0 aliphatic carbocycles.